The molecule has 0 aliphatic carbocycles. The van der Waals surface area contributed by atoms with Crippen molar-refractivity contribution in [2.75, 3.05) is 6.54 Å². The maximum atomic E-state index is 10.0. The van der Waals surface area contributed by atoms with Crippen LogP contribution in [0.3, 0.4) is 0 Å². The average molecular weight is 320 g/mol. The Balaban J connectivity index is 1.74. The Labute approximate surface area is 133 Å². The van der Waals surface area contributed by atoms with E-state index in [2.05, 4.69) is 10.3 Å². The van der Waals surface area contributed by atoms with E-state index >= 15 is 0 Å². The highest BCUT2D eigenvalue weighted by Gasteiger charge is 2.17. The number of furan rings is 1. The zero-order chi connectivity index (χ0) is 15.7. The van der Waals surface area contributed by atoms with Crippen LogP contribution in [0, 0.1) is 0 Å². The average Bonchev–Trinajstić information content (AvgIpc) is 3.13. The fourth-order valence-corrected chi connectivity index (χ4v) is 2.71. The van der Waals surface area contributed by atoms with Gasteiger partial charge in [0.05, 0.1) is 23.3 Å². The van der Waals surface area contributed by atoms with Crippen molar-refractivity contribution >= 4 is 22.6 Å². The molecule has 0 aliphatic rings. The van der Waals surface area contributed by atoms with Gasteiger partial charge in [-0.3, -0.25) is 0 Å². The van der Waals surface area contributed by atoms with E-state index in [1.165, 1.54) is 0 Å². The van der Waals surface area contributed by atoms with Crippen LogP contribution in [0.1, 0.15) is 30.7 Å². The fraction of sp³-hybridized carbons (Fsp3) is 0.312. The molecule has 0 saturated carbocycles. The molecule has 2 atom stereocenters. The molecule has 0 unspecified atom stereocenters. The Hall–Kier alpha value is -1.82. The summed E-state index contributed by atoms with van der Waals surface area (Å²) < 4.78 is 7.22. The molecule has 2 N–H and O–H groups in total. The van der Waals surface area contributed by atoms with E-state index in [1.807, 2.05) is 36.7 Å². The predicted molar refractivity (Wildman–Crippen MR) is 85.8 cm³/mol. The van der Waals surface area contributed by atoms with Crippen molar-refractivity contribution in [2.45, 2.75) is 19.1 Å². The number of nitrogens with zero attached hydrogens (tertiary/aromatic N) is 2. The lowest BCUT2D eigenvalue weighted by molar-refractivity contribution is 0.143. The monoisotopic (exact) mass is 319 g/mol. The lowest BCUT2D eigenvalue weighted by atomic mass is 10.2. The van der Waals surface area contributed by atoms with Crippen LogP contribution < -0.4 is 5.32 Å². The summed E-state index contributed by atoms with van der Waals surface area (Å²) in [7, 11) is 1.97. The molecule has 2 aromatic heterocycles. The van der Waals surface area contributed by atoms with Gasteiger partial charge in [0.2, 0.25) is 0 Å². The van der Waals surface area contributed by atoms with Gasteiger partial charge in [-0.2, -0.15) is 0 Å². The Kier molecular flexibility index (Phi) is 4.20. The van der Waals surface area contributed by atoms with Crippen molar-refractivity contribution in [2.24, 2.45) is 7.05 Å². The van der Waals surface area contributed by atoms with Crippen LogP contribution in [-0.2, 0) is 7.05 Å². The molecule has 2 heterocycles. The van der Waals surface area contributed by atoms with Gasteiger partial charge in [0, 0.05) is 18.6 Å². The van der Waals surface area contributed by atoms with E-state index in [0.29, 0.717) is 17.3 Å². The summed E-state index contributed by atoms with van der Waals surface area (Å²) in [5.41, 5.74) is 1.89. The second-order valence-electron chi connectivity index (χ2n) is 5.32. The molecular weight excluding hydrogens is 302 g/mol. The predicted octanol–water partition coefficient (Wildman–Crippen LogP) is 3.20. The third-order valence-corrected chi connectivity index (χ3v) is 3.99. The molecule has 5 nitrogen and oxygen atoms in total. The van der Waals surface area contributed by atoms with Crippen LogP contribution >= 0.6 is 11.6 Å². The Morgan fingerprint density at radius 3 is 2.95 bits per heavy atom. The second kappa shape index (κ2) is 6.12. The second-order valence-corrected chi connectivity index (χ2v) is 5.76. The summed E-state index contributed by atoms with van der Waals surface area (Å²) >= 11 is 6.01. The van der Waals surface area contributed by atoms with Crippen LogP contribution in [0.25, 0.3) is 11.0 Å². The molecule has 0 radical (unpaired) electrons. The maximum absolute atomic E-state index is 10.0. The molecule has 0 aliphatic heterocycles. The number of rotatable bonds is 5. The standard InChI is InChI=1S/C16H18ClN3O2/c1-10(18-9-14(21)15-4-3-7-22-15)16-19-12-8-11(17)5-6-13(12)20(16)2/h3-8,10,14,18,21H,9H2,1-2H3/t10-,14+/m0/s1. The Bertz CT molecular complexity index is 767. The summed E-state index contributed by atoms with van der Waals surface area (Å²) in [5.74, 6) is 1.44. The number of benzene rings is 1. The largest absolute Gasteiger partial charge is 0.467 e. The quantitative estimate of drug-likeness (QED) is 0.758. The van der Waals surface area contributed by atoms with E-state index in [1.54, 1.807) is 18.4 Å². The zero-order valence-corrected chi connectivity index (χ0v) is 13.2. The molecule has 0 amide bonds. The first kappa shape index (κ1) is 15.1. The van der Waals surface area contributed by atoms with Crippen molar-refractivity contribution < 1.29 is 9.52 Å². The Morgan fingerprint density at radius 2 is 2.23 bits per heavy atom. The summed E-state index contributed by atoms with van der Waals surface area (Å²) in [6.07, 6.45) is 0.874. The van der Waals surface area contributed by atoms with Crippen LogP contribution in [-0.4, -0.2) is 21.2 Å². The number of hydrogen-bond donors (Lipinski definition) is 2. The summed E-state index contributed by atoms with van der Waals surface area (Å²) in [6, 6.07) is 9.17. The highest BCUT2D eigenvalue weighted by molar-refractivity contribution is 6.31. The van der Waals surface area contributed by atoms with E-state index < -0.39 is 6.10 Å². The van der Waals surface area contributed by atoms with Crippen molar-refractivity contribution in [3.8, 4) is 0 Å². The molecule has 3 rings (SSSR count). The zero-order valence-electron chi connectivity index (χ0n) is 12.5. The number of nitrogens with one attached hydrogen (secondary N) is 1. The van der Waals surface area contributed by atoms with Crippen molar-refractivity contribution in [3.05, 3.63) is 53.2 Å². The first-order valence-corrected chi connectivity index (χ1v) is 7.51. The van der Waals surface area contributed by atoms with Gasteiger partial charge in [0.15, 0.2) is 0 Å². The minimum atomic E-state index is -0.679. The van der Waals surface area contributed by atoms with Crippen LogP contribution in [0.2, 0.25) is 5.02 Å². The number of aliphatic hydroxyl groups excluding tert-OH is 1. The molecule has 3 aromatic rings. The summed E-state index contributed by atoms with van der Waals surface area (Å²) in [5, 5.41) is 14.0. The highest BCUT2D eigenvalue weighted by Crippen LogP contribution is 2.23. The Morgan fingerprint density at radius 1 is 1.41 bits per heavy atom. The van der Waals surface area contributed by atoms with Gasteiger partial charge in [0.1, 0.15) is 17.7 Å². The van der Waals surface area contributed by atoms with Crippen molar-refractivity contribution in [1.29, 1.82) is 0 Å². The number of aromatic nitrogens is 2. The smallest absolute Gasteiger partial charge is 0.133 e. The van der Waals surface area contributed by atoms with Crippen molar-refractivity contribution in [1.82, 2.24) is 14.9 Å². The molecule has 0 saturated heterocycles. The van der Waals surface area contributed by atoms with Gasteiger partial charge in [-0.1, -0.05) is 11.6 Å². The van der Waals surface area contributed by atoms with Gasteiger partial charge in [-0.25, -0.2) is 4.98 Å². The third kappa shape index (κ3) is 2.88. The molecule has 0 fully saturated rings. The number of imidazole rings is 1. The van der Waals surface area contributed by atoms with Gasteiger partial charge in [-0.15, -0.1) is 0 Å². The van der Waals surface area contributed by atoms with Gasteiger partial charge >= 0.3 is 0 Å². The normalized spacial score (nSPS) is 14.4. The number of halogens is 1. The molecule has 116 valence electrons. The minimum absolute atomic E-state index is 0.0132. The molecule has 0 bridgehead atoms. The van der Waals surface area contributed by atoms with Gasteiger partial charge in [-0.05, 0) is 37.3 Å². The summed E-state index contributed by atoms with van der Waals surface area (Å²) in [4.78, 5) is 4.62. The van der Waals surface area contributed by atoms with E-state index in [4.69, 9.17) is 16.0 Å². The highest BCUT2D eigenvalue weighted by atomic mass is 35.5. The topological polar surface area (TPSA) is 63.2 Å². The van der Waals surface area contributed by atoms with Crippen molar-refractivity contribution in [3.63, 3.8) is 0 Å². The summed E-state index contributed by atoms with van der Waals surface area (Å²) in [6.45, 7) is 2.40. The third-order valence-electron chi connectivity index (χ3n) is 3.75. The van der Waals surface area contributed by atoms with E-state index in [0.717, 1.165) is 16.9 Å². The maximum Gasteiger partial charge on any atom is 0.133 e. The van der Waals surface area contributed by atoms with Gasteiger partial charge < -0.3 is 19.4 Å². The first-order valence-electron chi connectivity index (χ1n) is 7.13. The molecular formula is C16H18ClN3O2. The molecule has 0 spiro atoms. The van der Waals surface area contributed by atoms with Gasteiger partial charge in [0.25, 0.3) is 0 Å². The lowest BCUT2D eigenvalue weighted by Gasteiger charge is -2.16. The van der Waals surface area contributed by atoms with Crippen LogP contribution in [0.4, 0.5) is 0 Å². The molecule has 22 heavy (non-hydrogen) atoms. The number of aliphatic hydroxyl groups is 1. The number of hydrogen-bond acceptors (Lipinski definition) is 4. The fourth-order valence-electron chi connectivity index (χ4n) is 2.54. The van der Waals surface area contributed by atoms with Crippen LogP contribution in [0.5, 0.6) is 0 Å². The number of aryl methyl sites for hydroxylation is 1. The SMILES string of the molecule is C[C@H](NC[C@@H](O)c1ccco1)c1nc2cc(Cl)ccc2n1C. The minimum Gasteiger partial charge on any atom is -0.467 e. The first-order chi connectivity index (χ1) is 10.6. The molecule has 6 heteroatoms. The molecule has 1 aromatic carbocycles. The van der Waals surface area contributed by atoms with E-state index in [-0.39, 0.29) is 6.04 Å². The lowest BCUT2D eigenvalue weighted by Crippen LogP contribution is -2.26. The number of fused-ring (bicyclic) bond motifs is 1. The van der Waals surface area contributed by atoms with Crippen LogP contribution in [0.15, 0.2) is 41.0 Å². The van der Waals surface area contributed by atoms with E-state index in [9.17, 15) is 5.11 Å².